The van der Waals surface area contributed by atoms with Crippen LogP contribution in [0.3, 0.4) is 0 Å². The Morgan fingerprint density at radius 2 is 2.14 bits per heavy atom. The summed E-state index contributed by atoms with van der Waals surface area (Å²) in [6, 6.07) is 5.09. The van der Waals surface area contributed by atoms with E-state index in [1.54, 1.807) is 25.1 Å². The van der Waals surface area contributed by atoms with E-state index in [-0.39, 0.29) is 5.11 Å². The highest BCUT2D eigenvalue weighted by Crippen LogP contribution is 2.11. The average molecular weight is 210 g/mol. The van der Waals surface area contributed by atoms with Gasteiger partial charge in [0.15, 0.2) is 5.11 Å². The summed E-state index contributed by atoms with van der Waals surface area (Å²) in [6.45, 7) is 1.76. The number of hydrogen-bond acceptors (Lipinski definition) is 3. The highest BCUT2D eigenvalue weighted by Gasteiger charge is 2.15. The summed E-state index contributed by atoms with van der Waals surface area (Å²) in [5, 5.41) is 21.0. The van der Waals surface area contributed by atoms with Gasteiger partial charge in [-0.1, -0.05) is 12.1 Å². The first-order valence-electron chi connectivity index (χ1n) is 4.04. The van der Waals surface area contributed by atoms with Crippen molar-refractivity contribution in [1.82, 2.24) is 0 Å². The molecule has 0 aliphatic heterocycles. The van der Waals surface area contributed by atoms with Gasteiger partial charge in [-0.05, 0) is 36.2 Å². The van der Waals surface area contributed by atoms with Crippen molar-refractivity contribution in [3.8, 4) is 0 Å². The van der Waals surface area contributed by atoms with E-state index in [0.29, 0.717) is 11.2 Å². The lowest BCUT2D eigenvalue weighted by Crippen LogP contribution is -2.33. The Morgan fingerprint density at radius 3 is 2.64 bits per heavy atom. The van der Waals surface area contributed by atoms with Crippen molar-refractivity contribution in [2.75, 3.05) is 5.32 Å². The number of hydrogen-bond donors (Lipinski definition) is 4. The predicted molar refractivity (Wildman–Crippen MR) is 61.4 cm³/mol. The van der Waals surface area contributed by atoms with Crippen molar-refractivity contribution in [1.29, 1.82) is 0 Å². The standard InChI is InChI=1S/C8H11BN2O2S/c1-5-6(9(12)13)3-2-4-7(5)11-8(10)14/h2-4,12-13H,1H3,(H3,10,11,14). The molecule has 0 amide bonds. The van der Waals surface area contributed by atoms with Gasteiger partial charge in [-0.15, -0.1) is 0 Å². The average Bonchev–Trinajstić information content (AvgIpc) is 2.07. The van der Waals surface area contributed by atoms with Crippen LogP contribution in [0.1, 0.15) is 5.56 Å². The molecule has 4 nitrogen and oxygen atoms in total. The summed E-state index contributed by atoms with van der Waals surface area (Å²) in [4.78, 5) is 0. The minimum absolute atomic E-state index is 0.151. The summed E-state index contributed by atoms with van der Waals surface area (Å²) in [6.07, 6.45) is 0. The minimum atomic E-state index is -1.48. The molecule has 1 aromatic rings. The maximum atomic E-state index is 9.03. The molecular formula is C8H11BN2O2S. The number of rotatable bonds is 2. The number of nitrogens with two attached hydrogens (primary N) is 1. The van der Waals surface area contributed by atoms with Crippen LogP contribution in [0.4, 0.5) is 5.69 Å². The van der Waals surface area contributed by atoms with Gasteiger partial charge in [0.2, 0.25) is 0 Å². The van der Waals surface area contributed by atoms with Gasteiger partial charge in [0.1, 0.15) is 0 Å². The van der Waals surface area contributed by atoms with E-state index in [4.69, 9.17) is 15.8 Å². The van der Waals surface area contributed by atoms with E-state index in [0.717, 1.165) is 5.56 Å². The van der Waals surface area contributed by atoms with Gasteiger partial charge >= 0.3 is 7.12 Å². The molecular weight excluding hydrogens is 199 g/mol. The van der Waals surface area contributed by atoms with Gasteiger partial charge in [-0.25, -0.2) is 0 Å². The summed E-state index contributed by atoms with van der Waals surface area (Å²) < 4.78 is 0. The SMILES string of the molecule is Cc1c(NC(N)=S)cccc1B(O)O. The Bertz CT molecular complexity index is 357. The molecule has 1 aromatic carbocycles. The molecule has 0 spiro atoms. The van der Waals surface area contributed by atoms with Gasteiger partial charge in [0.05, 0.1) is 0 Å². The lowest BCUT2D eigenvalue weighted by Gasteiger charge is -2.11. The Morgan fingerprint density at radius 1 is 1.50 bits per heavy atom. The Hall–Kier alpha value is -1.11. The molecule has 0 unspecified atom stereocenters. The number of benzene rings is 1. The van der Waals surface area contributed by atoms with E-state index < -0.39 is 7.12 Å². The molecule has 0 fully saturated rings. The number of nitrogens with one attached hydrogen (secondary N) is 1. The van der Waals surface area contributed by atoms with Crippen LogP contribution >= 0.6 is 12.2 Å². The molecule has 0 saturated heterocycles. The molecule has 0 atom stereocenters. The largest absolute Gasteiger partial charge is 0.488 e. The molecule has 0 bridgehead atoms. The van der Waals surface area contributed by atoms with Crippen LogP contribution in [0.25, 0.3) is 0 Å². The van der Waals surface area contributed by atoms with Crippen molar-refractivity contribution in [3.05, 3.63) is 23.8 Å². The molecule has 1 rings (SSSR count). The third-order valence-electron chi connectivity index (χ3n) is 1.91. The first kappa shape index (κ1) is 11.0. The summed E-state index contributed by atoms with van der Waals surface area (Å²) in [7, 11) is -1.48. The van der Waals surface area contributed by atoms with E-state index >= 15 is 0 Å². The quantitative estimate of drug-likeness (QED) is 0.384. The highest BCUT2D eigenvalue weighted by molar-refractivity contribution is 7.80. The summed E-state index contributed by atoms with van der Waals surface area (Å²) in [5.74, 6) is 0. The van der Waals surface area contributed by atoms with Crippen LogP contribution in [0.2, 0.25) is 0 Å². The van der Waals surface area contributed by atoms with Crippen molar-refractivity contribution in [3.63, 3.8) is 0 Å². The fraction of sp³-hybridized carbons (Fsp3) is 0.125. The molecule has 0 radical (unpaired) electrons. The second kappa shape index (κ2) is 4.41. The molecule has 74 valence electrons. The van der Waals surface area contributed by atoms with Crippen LogP contribution in [-0.2, 0) is 0 Å². The molecule has 0 aliphatic carbocycles. The highest BCUT2D eigenvalue weighted by atomic mass is 32.1. The second-order valence-corrected chi connectivity index (χ2v) is 3.32. The molecule has 0 heterocycles. The Kier molecular flexibility index (Phi) is 3.46. The zero-order chi connectivity index (χ0) is 10.7. The third kappa shape index (κ3) is 2.44. The van der Waals surface area contributed by atoms with Gasteiger partial charge in [0.25, 0.3) is 0 Å². The van der Waals surface area contributed by atoms with Crippen LogP contribution in [-0.4, -0.2) is 22.3 Å². The maximum absolute atomic E-state index is 9.03. The third-order valence-corrected chi connectivity index (χ3v) is 2.01. The molecule has 6 heteroatoms. The van der Waals surface area contributed by atoms with Gasteiger partial charge < -0.3 is 21.1 Å². The fourth-order valence-corrected chi connectivity index (χ4v) is 1.31. The molecule has 0 saturated carbocycles. The summed E-state index contributed by atoms with van der Waals surface area (Å²) in [5.41, 5.74) is 7.15. The normalized spacial score (nSPS) is 9.64. The van der Waals surface area contributed by atoms with Crippen molar-refractivity contribution in [2.45, 2.75) is 6.92 Å². The predicted octanol–water partition coefficient (Wildman–Crippen LogP) is -0.670. The maximum Gasteiger partial charge on any atom is 0.488 e. The lowest BCUT2D eigenvalue weighted by atomic mass is 9.77. The lowest BCUT2D eigenvalue weighted by molar-refractivity contribution is 0.425. The monoisotopic (exact) mass is 210 g/mol. The van der Waals surface area contributed by atoms with Crippen LogP contribution in [0.15, 0.2) is 18.2 Å². The Balaban J connectivity index is 3.07. The van der Waals surface area contributed by atoms with Crippen LogP contribution in [0, 0.1) is 6.92 Å². The van der Waals surface area contributed by atoms with E-state index in [9.17, 15) is 0 Å². The van der Waals surface area contributed by atoms with Crippen molar-refractivity contribution in [2.24, 2.45) is 5.73 Å². The topological polar surface area (TPSA) is 78.5 Å². The van der Waals surface area contributed by atoms with Crippen LogP contribution in [0.5, 0.6) is 0 Å². The number of thiocarbonyl (C=S) groups is 1. The smallest absolute Gasteiger partial charge is 0.423 e. The number of anilines is 1. The first-order valence-corrected chi connectivity index (χ1v) is 4.45. The first-order chi connectivity index (χ1) is 6.52. The van der Waals surface area contributed by atoms with Gasteiger partial charge in [-0.2, -0.15) is 0 Å². The second-order valence-electron chi connectivity index (χ2n) is 2.88. The zero-order valence-corrected chi connectivity index (χ0v) is 8.51. The molecule has 0 aromatic heterocycles. The van der Waals surface area contributed by atoms with Gasteiger partial charge in [0, 0.05) is 5.69 Å². The van der Waals surface area contributed by atoms with E-state index in [1.807, 2.05) is 0 Å². The van der Waals surface area contributed by atoms with Crippen molar-refractivity contribution >= 4 is 35.6 Å². The van der Waals surface area contributed by atoms with Crippen molar-refractivity contribution < 1.29 is 10.0 Å². The molecule has 0 aliphatic rings. The van der Waals surface area contributed by atoms with E-state index in [2.05, 4.69) is 17.5 Å². The Labute approximate surface area is 87.9 Å². The van der Waals surface area contributed by atoms with E-state index in [1.165, 1.54) is 0 Å². The zero-order valence-electron chi connectivity index (χ0n) is 7.69. The molecule has 5 N–H and O–H groups in total. The summed E-state index contributed by atoms with van der Waals surface area (Å²) >= 11 is 4.69. The fourth-order valence-electron chi connectivity index (χ4n) is 1.20. The van der Waals surface area contributed by atoms with Gasteiger partial charge in [-0.3, -0.25) is 0 Å². The minimum Gasteiger partial charge on any atom is -0.423 e. The molecule has 14 heavy (non-hydrogen) atoms. The van der Waals surface area contributed by atoms with Crippen LogP contribution < -0.4 is 16.5 Å².